The first-order chi connectivity index (χ1) is 9.57. The van der Waals surface area contributed by atoms with Gasteiger partial charge in [-0.25, -0.2) is 0 Å². The highest BCUT2D eigenvalue weighted by Gasteiger charge is 2.61. The lowest BCUT2D eigenvalue weighted by Crippen LogP contribution is -2.58. The van der Waals surface area contributed by atoms with Gasteiger partial charge in [0.25, 0.3) is 0 Å². The van der Waals surface area contributed by atoms with Crippen molar-refractivity contribution in [1.82, 2.24) is 0 Å². The molecule has 0 radical (unpaired) electrons. The lowest BCUT2D eigenvalue weighted by Gasteiger charge is -2.68. The van der Waals surface area contributed by atoms with Crippen molar-refractivity contribution in [3.05, 3.63) is 0 Å². The minimum Gasteiger partial charge on any atom is -0.0596 e. The molecule has 0 aromatic rings. The predicted molar refractivity (Wildman–Crippen MR) is 92.3 cm³/mol. The summed E-state index contributed by atoms with van der Waals surface area (Å²) in [6, 6.07) is 0. The molecule has 6 saturated carbocycles. The van der Waals surface area contributed by atoms with Gasteiger partial charge in [0.2, 0.25) is 0 Å². The van der Waals surface area contributed by atoms with Crippen LogP contribution in [0.5, 0.6) is 0 Å². The van der Waals surface area contributed by atoms with Gasteiger partial charge in [-0.1, -0.05) is 41.5 Å². The van der Waals surface area contributed by atoms with Crippen LogP contribution in [0.1, 0.15) is 99.3 Å². The Balaban J connectivity index is 0.000000131. The molecule has 0 atom stereocenters. The summed E-state index contributed by atoms with van der Waals surface area (Å²) in [5.41, 5.74) is 2.68. The molecule has 0 saturated heterocycles. The van der Waals surface area contributed by atoms with Crippen molar-refractivity contribution in [2.75, 3.05) is 0 Å². The molecule has 0 aromatic carbocycles. The van der Waals surface area contributed by atoms with Gasteiger partial charge in [-0.2, -0.15) is 0 Å². The lowest BCUT2D eigenvalue weighted by molar-refractivity contribution is -0.181. The average Bonchev–Trinajstić information content (AvgIpc) is 2.24. The van der Waals surface area contributed by atoms with Crippen molar-refractivity contribution >= 4 is 0 Å². The van der Waals surface area contributed by atoms with Crippen LogP contribution in [0.25, 0.3) is 0 Å². The highest BCUT2D eigenvalue weighted by Crippen LogP contribution is 2.71. The van der Waals surface area contributed by atoms with Crippen LogP contribution in [0.15, 0.2) is 0 Å². The molecule has 0 aliphatic heterocycles. The van der Waals surface area contributed by atoms with E-state index >= 15 is 0 Å². The summed E-state index contributed by atoms with van der Waals surface area (Å²) in [5.74, 6) is 2.25. The second kappa shape index (κ2) is 4.75. The minimum absolute atomic E-state index is 0.554. The van der Waals surface area contributed by atoms with Crippen LogP contribution in [-0.4, -0.2) is 0 Å². The monoisotopic (exact) mass is 290 g/mol. The zero-order valence-electron chi connectivity index (χ0n) is 15.5. The summed E-state index contributed by atoms with van der Waals surface area (Å²) in [6.07, 6.45) is 13.7. The summed E-state index contributed by atoms with van der Waals surface area (Å²) in [4.78, 5) is 0. The van der Waals surface area contributed by atoms with E-state index in [2.05, 4.69) is 41.5 Å². The topological polar surface area (TPSA) is 0 Å². The van der Waals surface area contributed by atoms with Crippen molar-refractivity contribution in [2.24, 2.45) is 33.5 Å². The van der Waals surface area contributed by atoms with Gasteiger partial charge in [0, 0.05) is 0 Å². The molecule has 0 amide bonds. The summed E-state index contributed by atoms with van der Waals surface area (Å²) >= 11 is 0. The fourth-order valence-corrected chi connectivity index (χ4v) is 5.77. The van der Waals surface area contributed by atoms with E-state index in [1.54, 1.807) is 0 Å². The lowest BCUT2D eigenvalue weighted by atomic mass is 9.37. The van der Waals surface area contributed by atoms with Gasteiger partial charge in [0.1, 0.15) is 0 Å². The fourth-order valence-electron chi connectivity index (χ4n) is 5.77. The molecule has 6 aliphatic carbocycles. The first-order valence-corrected chi connectivity index (χ1v) is 9.57. The second-order valence-corrected chi connectivity index (χ2v) is 11.0. The zero-order valence-corrected chi connectivity index (χ0v) is 15.5. The van der Waals surface area contributed by atoms with E-state index in [1.165, 1.54) is 57.8 Å². The quantitative estimate of drug-likeness (QED) is 0.458. The van der Waals surface area contributed by atoms with E-state index in [1.807, 2.05) is 0 Å². The number of hydrogen-bond donors (Lipinski definition) is 0. The molecule has 0 aromatic heterocycles. The molecule has 0 N–H and O–H groups in total. The van der Waals surface area contributed by atoms with Gasteiger partial charge in [-0.3, -0.25) is 0 Å². The average molecular weight is 291 g/mol. The molecule has 6 aliphatic rings. The highest BCUT2D eigenvalue weighted by molar-refractivity contribution is 5.11. The van der Waals surface area contributed by atoms with E-state index < -0.39 is 0 Å². The maximum absolute atomic E-state index is 2.44. The summed E-state index contributed by atoms with van der Waals surface area (Å²) in [7, 11) is 0. The highest BCUT2D eigenvalue weighted by atomic mass is 14.7. The van der Waals surface area contributed by atoms with Crippen molar-refractivity contribution in [2.45, 2.75) is 99.3 Å². The fraction of sp³-hybridized carbons (Fsp3) is 1.00. The molecule has 0 unspecified atom stereocenters. The normalized spacial score (nSPS) is 44.3. The van der Waals surface area contributed by atoms with Crippen LogP contribution in [0.2, 0.25) is 0 Å². The standard InChI is InChI=1S/C12H22.C9H16/c1-11(2,3)12-7-4-10(5-8-12)6-9-12;1-8(2,3)9-4-7(5-9)6-9/h10H,4-9H2,1-3H3;7H,4-6H2,1-3H3. The Labute approximate surface area is 133 Å². The van der Waals surface area contributed by atoms with Crippen LogP contribution in [0.4, 0.5) is 0 Å². The van der Waals surface area contributed by atoms with Crippen LogP contribution in [-0.2, 0) is 0 Å². The number of rotatable bonds is 0. The molecular formula is C21H38. The van der Waals surface area contributed by atoms with Crippen LogP contribution >= 0.6 is 0 Å². The summed E-state index contributed by atoms with van der Waals surface area (Å²) < 4.78 is 0. The van der Waals surface area contributed by atoms with Crippen molar-refractivity contribution < 1.29 is 0 Å². The van der Waals surface area contributed by atoms with Gasteiger partial charge < -0.3 is 0 Å². The molecule has 0 spiro atoms. The van der Waals surface area contributed by atoms with E-state index in [9.17, 15) is 0 Å². The SMILES string of the molecule is CC(C)(C)C12CC(C1)C2.CC(C)(C)C12CCC(CC1)CC2. The van der Waals surface area contributed by atoms with E-state index in [0.29, 0.717) is 10.8 Å². The molecule has 0 heteroatoms. The van der Waals surface area contributed by atoms with Crippen molar-refractivity contribution in [3.8, 4) is 0 Å². The van der Waals surface area contributed by atoms with Crippen LogP contribution < -0.4 is 0 Å². The van der Waals surface area contributed by atoms with Crippen LogP contribution in [0.3, 0.4) is 0 Å². The Kier molecular flexibility index (Phi) is 3.59. The van der Waals surface area contributed by atoms with Gasteiger partial charge in [-0.15, -0.1) is 0 Å². The predicted octanol–water partition coefficient (Wildman–Crippen LogP) is 6.84. The zero-order chi connectivity index (χ0) is 15.5. The molecule has 21 heavy (non-hydrogen) atoms. The molecule has 0 heterocycles. The molecule has 0 nitrogen and oxygen atoms in total. The minimum atomic E-state index is 0.554. The van der Waals surface area contributed by atoms with E-state index in [0.717, 1.165) is 22.7 Å². The maximum Gasteiger partial charge on any atom is -0.0241 e. The Morgan fingerprint density at radius 3 is 1.10 bits per heavy atom. The number of fused-ring (bicyclic) bond motifs is 3. The molecule has 122 valence electrons. The second-order valence-electron chi connectivity index (χ2n) is 11.0. The third kappa shape index (κ3) is 2.49. The third-order valence-electron chi connectivity index (χ3n) is 8.31. The van der Waals surface area contributed by atoms with Gasteiger partial charge in [0.15, 0.2) is 0 Å². The summed E-state index contributed by atoms with van der Waals surface area (Å²) in [6.45, 7) is 14.5. The van der Waals surface area contributed by atoms with Gasteiger partial charge in [0.05, 0.1) is 0 Å². The van der Waals surface area contributed by atoms with Crippen LogP contribution in [0, 0.1) is 33.5 Å². The molecular weight excluding hydrogens is 252 g/mol. The molecule has 6 fully saturated rings. The Bertz CT molecular complexity index is 350. The third-order valence-corrected chi connectivity index (χ3v) is 8.31. The first kappa shape index (κ1) is 15.9. The maximum atomic E-state index is 2.44. The summed E-state index contributed by atoms with van der Waals surface area (Å²) in [5, 5.41) is 0. The van der Waals surface area contributed by atoms with E-state index in [-0.39, 0.29) is 0 Å². The first-order valence-electron chi connectivity index (χ1n) is 9.57. The smallest absolute Gasteiger partial charge is 0.0241 e. The Morgan fingerprint density at radius 1 is 0.571 bits per heavy atom. The van der Waals surface area contributed by atoms with E-state index in [4.69, 9.17) is 0 Å². The van der Waals surface area contributed by atoms with Crippen molar-refractivity contribution in [1.29, 1.82) is 0 Å². The van der Waals surface area contributed by atoms with Crippen molar-refractivity contribution in [3.63, 3.8) is 0 Å². The number of hydrogen-bond acceptors (Lipinski definition) is 0. The molecule has 6 rings (SSSR count). The van der Waals surface area contributed by atoms with Gasteiger partial charge >= 0.3 is 0 Å². The Hall–Kier alpha value is 0. The Morgan fingerprint density at radius 2 is 0.952 bits per heavy atom. The van der Waals surface area contributed by atoms with Gasteiger partial charge in [-0.05, 0) is 91.3 Å². The largest absolute Gasteiger partial charge is 0.0596 e. The molecule has 4 bridgehead atoms.